The molecule has 0 saturated carbocycles. The molecular formula is C15H25N3O2S. The number of nitrogens with one attached hydrogen (secondary N) is 1. The van der Waals surface area contributed by atoms with Crippen LogP contribution in [0.5, 0.6) is 0 Å². The summed E-state index contributed by atoms with van der Waals surface area (Å²) in [7, 11) is -3.42. The molecule has 0 unspecified atom stereocenters. The second kappa shape index (κ2) is 7.35. The van der Waals surface area contributed by atoms with Gasteiger partial charge in [-0.15, -0.1) is 0 Å². The minimum atomic E-state index is -3.42. The molecule has 1 saturated heterocycles. The lowest BCUT2D eigenvalue weighted by molar-refractivity contribution is 0.208. The number of rotatable bonds is 6. The highest BCUT2D eigenvalue weighted by Crippen LogP contribution is 2.15. The lowest BCUT2D eigenvalue weighted by Crippen LogP contribution is -2.44. The van der Waals surface area contributed by atoms with Crippen molar-refractivity contribution in [3.8, 4) is 0 Å². The van der Waals surface area contributed by atoms with E-state index < -0.39 is 10.0 Å². The smallest absolute Gasteiger partial charge is 0.240 e. The SMILES string of the molecule is CCCN1CCC(NS(=O)(=O)c2ccc(CN)cc2)CC1. The van der Waals surface area contributed by atoms with Crippen LogP contribution in [0.2, 0.25) is 0 Å². The third-order valence-electron chi connectivity index (χ3n) is 3.92. The highest BCUT2D eigenvalue weighted by Gasteiger charge is 2.24. The summed E-state index contributed by atoms with van der Waals surface area (Å²) >= 11 is 0. The van der Waals surface area contributed by atoms with Gasteiger partial charge in [-0.3, -0.25) is 0 Å². The Morgan fingerprint density at radius 1 is 1.24 bits per heavy atom. The summed E-state index contributed by atoms with van der Waals surface area (Å²) in [6, 6.07) is 6.81. The molecule has 1 aromatic carbocycles. The van der Waals surface area contributed by atoms with Crippen LogP contribution in [0.15, 0.2) is 29.2 Å². The fourth-order valence-corrected chi connectivity index (χ4v) is 3.99. The molecule has 6 heteroatoms. The van der Waals surface area contributed by atoms with E-state index in [1.54, 1.807) is 24.3 Å². The Hall–Kier alpha value is -0.950. The molecule has 1 fully saturated rings. The van der Waals surface area contributed by atoms with E-state index in [2.05, 4.69) is 16.5 Å². The maximum Gasteiger partial charge on any atom is 0.240 e. The molecule has 0 bridgehead atoms. The molecule has 1 aliphatic heterocycles. The number of sulfonamides is 1. The van der Waals surface area contributed by atoms with Crippen molar-refractivity contribution in [1.82, 2.24) is 9.62 Å². The molecule has 1 aliphatic rings. The van der Waals surface area contributed by atoms with Gasteiger partial charge in [-0.25, -0.2) is 13.1 Å². The van der Waals surface area contributed by atoms with Crippen LogP contribution in [0.1, 0.15) is 31.7 Å². The van der Waals surface area contributed by atoms with E-state index >= 15 is 0 Å². The Morgan fingerprint density at radius 2 is 1.86 bits per heavy atom. The van der Waals surface area contributed by atoms with Gasteiger partial charge in [0.1, 0.15) is 0 Å². The summed E-state index contributed by atoms with van der Waals surface area (Å²) in [4.78, 5) is 2.71. The molecule has 0 atom stereocenters. The zero-order chi connectivity index (χ0) is 15.3. The Balaban J connectivity index is 1.95. The number of hydrogen-bond acceptors (Lipinski definition) is 4. The molecule has 0 aromatic heterocycles. The fraction of sp³-hybridized carbons (Fsp3) is 0.600. The molecule has 0 spiro atoms. The first-order valence-corrected chi connectivity index (χ1v) is 9.07. The Bertz CT molecular complexity index is 535. The van der Waals surface area contributed by atoms with Crippen LogP contribution in [0.25, 0.3) is 0 Å². The lowest BCUT2D eigenvalue weighted by Gasteiger charge is -2.31. The summed E-state index contributed by atoms with van der Waals surface area (Å²) < 4.78 is 27.5. The van der Waals surface area contributed by atoms with Gasteiger partial charge in [0.25, 0.3) is 0 Å². The number of likely N-dealkylation sites (tertiary alicyclic amines) is 1. The number of nitrogens with two attached hydrogens (primary N) is 1. The van der Waals surface area contributed by atoms with Crippen molar-refractivity contribution in [3.63, 3.8) is 0 Å². The summed E-state index contributed by atoms with van der Waals surface area (Å²) in [5.41, 5.74) is 6.46. The molecular weight excluding hydrogens is 286 g/mol. The molecule has 0 amide bonds. The minimum Gasteiger partial charge on any atom is -0.326 e. The van der Waals surface area contributed by atoms with Crippen LogP contribution in [-0.2, 0) is 16.6 Å². The maximum atomic E-state index is 12.4. The largest absolute Gasteiger partial charge is 0.326 e. The van der Waals surface area contributed by atoms with Crippen LogP contribution in [0, 0.1) is 0 Å². The van der Waals surface area contributed by atoms with Crippen molar-refractivity contribution in [2.45, 2.75) is 43.7 Å². The Morgan fingerprint density at radius 3 is 2.38 bits per heavy atom. The molecule has 5 nitrogen and oxygen atoms in total. The van der Waals surface area contributed by atoms with Gasteiger partial charge in [-0.2, -0.15) is 0 Å². The third kappa shape index (κ3) is 4.51. The van der Waals surface area contributed by atoms with Crippen LogP contribution < -0.4 is 10.5 Å². The number of piperidine rings is 1. The van der Waals surface area contributed by atoms with Crippen molar-refractivity contribution >= 4 is 10.0 Å². The second-order valence-corrected chi connectivity index (χ2v) is 7.30. The van der Waals surface area contributed by atoms with Crippen LogP contribution in [-0.4, -0.2) is 39.0 Å². The van der Waals surface area contributed by atoms with Crippen molar-refractivity contribution in [2.24, 2.45) is 5.73 Å². The van der Waals surface area contributed by atoms with Gasteiger partial charge in [0, 0.05) is 12.6 Å². The minimum absolute atomic E-state index is 0.0392. The standard InChI is InChI=1S/C15H25N3O2S/c1-2-9-18-10-7-14(8-11-18)17-21(19,20)15-5-3-13(12-16)4-6-15/h3-6,14,17H,2,7-12,16H2,1H3. The van der Waals surface area contributed by atoms with Crippen molar-refractivity contribution in [2.75, 3.05) is 19.6 Å². The van der Waals surface area contributed by atoms with E-state index in [9.17, 15) is 8.42 Å². The number of benzene rings is 1. The van der Waals surface area contributed by atoms with Crippen LogP contribution in [0.4, 0.5) is 0 Å². The third-order valence-corrected chi connectivity index (χ3v) is 5.45. The van der Waals surface area contributed by atoms with Gasteiger partial charge < -0.3 is 10.6 Å². The average Bonchev–Trinajstić information content (AvgIpc) is 2.49. The van der Waals surface area contributed by atoms with Crippen LogP contribution in [0.3, 0.4) is 0 Å². The highest BCUT2D eigenvalue weighted by atomic mass is 32.2. The normalized spacial score (nSPS) is 18.0. The van der Waals surface area contributed by atoms with Gasteiger partial charge in [0.2, 0.25) is 10.0 Å². The number of nitrogens with zero attached hydrogens (tertiary/aromatic N) is 1. The highest BCUT2D eigenvalue weighted by molar-refractivity contribution is 7.89. The Labute approximate surface area is 127 Å². The van der Waals surface area contributed by atoms with Gasteiger partial charge >= 0.3 is 0 Å². The quantitative estimate of drug-likeness (QED) is 0.830. The summed E-state index contributed by atoms with van der Waals surface area (Å²) in [6.45, 7) is 5.61. The van der Waals surface area contributed by atoms with Crippen molar-refractivity contribution in [1.29, 1.82) is 0 Å². The average molecular weight is 311 g/mol. The molecule has 1 heterocycles. The van der Waals surface area contributed by atoms with E-state index in [1.807, 2.05) is 0 Å². The molecule has 3 N–H and O–H groups in total. The van der Waals surface area contributed by atoms with Crippen molar-refractivity contribution < 1.29 is 8.42 Å². The topological polar surface area (TPSA) is 75.4 Å². The van der Waals surface area contributed by atoms with Gasteiger partial charge in [0.15, 0.2) is 0 Å². The summed E-state index contributed by atoms with van der Waals surface area (Å²) in [6.07, 6.45) is 2.89. The molecule has 1 aromatic rings. The van der Waals surface area contributed by atoms with Crippen LogP contribution >= 0.6 is 0 Å². The first-order valence-electron chi connectivity index (χ1n) is 7.59. The van der Waals surface area contributed by atoms with Gasteiger partial charge in [0.05, 0.1) is 4.90 Å². The summed E-state index contributed by atoms with van der Waals surface area (Å²) in [5, 5.41) is 0. The Kier molecular flexibility index (Phi) is 5.75. The molecule has 2 rings (SSSR count). The van der Waals surface area contributed by atoms with E-state index in [4.69, 9.17) is 5.73 Å². The van der Waals surface area contributed by atoms with Gasteiger partial charge in [-0.05, 0) is 56.6 Å². The van der Waals surface area contributed by atoms with E-state index in [0.717, 1.165) is 44.5 Å². The predicted molar refractivity (Wildman–Crippen MR) is 84.4 cm³/mol. The van der Waals surface area contributed by atoms with Crippen molar-refractivity contribution in [3.05, 3.63) is 29.8 Å². The first kappa shape index (κ1) is 16.4. The first-order chi connectivity index (χ1) is 10.0. The molecule has 0 aliphatic carbocycles. The van der Waals surface area contributed by atoms with E-state index in [1.165, 1.54) is 0 Å². The lowest BCUT2D eigenvalue weighted by atomic mass is 10.1. The van der Waals surface area contributed by atoms with E-state index in [0.29, 0.717) is 11.4 Å². The molecule has 21 heavy (non-hydrogen) atoms. The van der Waals surface area contributed by atoms with E-state index in [-0.39, 0.29) is 6.04 Å². The zero-order valence-corrected chi connectivity index (χ0v) is 13.4. The maximum absolute atomic E-state index is 12.4. The molecule has 0 radical (unpaired) electrons. The number of hydrogen-bond donors (Lipinski definition) is 2. The predicted octanol–water partition coefficient (Wildman–Crippen LogP) is 1.30. The molecule has 118 valence electrons. The fourth-order valence-electron chi connectivity index (χ4n) is 2.68. The summed E-state index contributed by atoms with van der Waals surface area (Å²) in [5.74, 6) is 0. The van der Waals surface area contributed by atoms with Gasteiger partial charge in [-0.1, -0.05) is 19.1 Å². The zero-order valence-electron chi connectivity index (χ0n) is 12.6. The second-order valence-electron chi connectivity index (χ2n) is 5.59. The monoisotopic (exact) mass is 311 g/mol.